The fraction of sp³-hybridized carbons (Fsp3) is 0.542. The van der Waals surface area contributed by atoms with Crippen molar-refractivity contribution in [3.05, 3.63) is 35.1 Å². The summed E-state index contributed by atoms with van der Waals surface area (Å²) in [5.41, 5.74) is -0.216. The van der Waals surface area contributed by atoms with Crippen molar-refractivity contribution in [2.75, 3.05) is 20.7 Å². The summed E-state index contributed by atoms with van der Waals surface area (Å²) in [5.74, 6) is -4.74. The Morgan fingerprint density at radius 1 is 1.18 bits per heavy atom. The average Bonchev–Trinajstić information content (AvgIpc) is 3.22. The number of aliphatic hydroxyl groups is 3. The van der Waals surface area contributed by atoms with E-state index in [0.29, 0.717) is 30.9 Å². The second-order valence-electron chi connectivity index (χ2n) is 9.74. The number of esters is 1. The van der Waals surface area contributed by atoms with Gasteiger partial charge in [0.25, 0.3) is 0 Å². The Morgan fingerprint density at radius 2 is 1.82 bits per heavy atom. The van der Waals surface area contributed by atoms with Crippen LogP contribution in [0.5, 0.6) is 11.5 Å². The first-order chi connectivity index (χ1) is 18.1. The molecule has 0 aromatic heterocycles. The van der Waals surface area contributed by atoms with E-state index in [1.165, 1.54) is 7.11 Å². The van der Waals surface area contributed by atoms with Crippen LogP contribution in [0.2, 0.25) is 0 Å². The van der Waals surface area contributed by atoms with E-state index >= 15 is 0 Å². The molecular weight excluding hydrogens is 535 g/mol. The first kappa shape index (κ1) is 28.6. The number of halogens is 3. The third-order valence-electron chi connectivity index (χ3n) is 7.81. The molecule has 214 valence electrons. The van der Waals surface area contributed by atoms with E-state index in [1.807, 2.05) is 19.2 Å². The lowest BCUT2D eigenvalue weighted by atomic mass is 9.50. The van der Waals surface area contributed by atoms with Gasteiger partial charge in [-0.2, -0.15) is 13.2 Å². The molecule has 2 heterocycles. The molecule has 1 spiro atoms. The molecule has 0 amide bonds. The number of hydrogen-bond acceptors (Lipinski definition) is 10. The Bertz CT molecular complexity index is 1230. The number of aliphatic hydroxyl groups excluding tert-OH is 2. The summed E-state index contributed by atoms with van der Waals surface area (Å²) in [5, 5.41) is 47.5. The molecule has 12 nitrogen and oxygen atoms in total. The molecule has 39 heavy (non-hydrogen) atoms. The van der Waals surface area contributed by atoms with Crippen LogP contribution in [0.4, 0.5) is 13.2 Å². The van der Waals surface area contributed by atoms with E-state index in [1.54, 1.807) is 6.08 Å². The van der Waals surface area contributed by atoms with Crippen molar-refractivity contribution in [1.29, 1.82) is 0 Å². The second kappa shape index (κ2) is 9.66. The highest BCUT2D eigenvalue weighted by molar-refractivity contribution is 5.85. The standard InChI is InChI=1S/C22H25NO9.C2HF3O2/c1-23-8-7-21-14-10-3-4-11(30-2)17(14)32-18(21)12(5-6-22(21,29)13(23)9-10)31-20(28)16(25)15(24)19(26)27;3-2(4,5)1(6)7/h3-5,13,15-16,18,24-25,29H,6-9H2,1-2H3,(H,26,27);(H,6,7)/t13-,15-,16-,18+,21+,22-;/m1./s1. The van der Waals surface area contributed by atoms with Crippen molar-refractivity contribution in [1.82, 2.24) is 4.90 Å². The van der Waals surface area contributed by atoms with Crippen LogP contribution in [0.3, 0.4) is 0 Å². The fourth-order valence-electron chi connectivity index (χ4n) is 6.03. The SMILES string of the molecule is COc1ccc2c3c1O[C@H]1C(OC(=O)[C@H](O)[C@@H](O)C(=O)O)=CC[C@@]4(O)[C@@H](C2)N(C)CC[C@]314.O=C(O)C(F)(F)F. The maximum absolute atomic E-state index is 12.4. The highest BCUT2D eigenvalue weighted by Gasteiger charge is 2.72. The topological polar surface area (TPSA) is 183 Å². The smallest absolute Gasteiger partial charge is 0.490 e. The van der Waals surface area contributed by atoms with Crippen LogP contribution in [-0.4, -0.2) is 105 Å². The number of likely N-dealkylation sites (tertiary alicyclic amines) is 1. The summed E-state index contributed by atoms with van der Waals surface area (Å²) < 4.78 is 48.9. The van der Waals surface area contributed by atoms with E-state index in [9.17, 15) is 38.1 Å². The van der Waals surface area contributed by atoms with E-state index in [0.717, 1.165) is 11.1 Å². The zero-order valence-electron chi connectivity index (χ0n) is 20.6. The number of piperidine rings is 1. The predicted molar refractivity (Wildman–Crippen MR) is 121 cm³/mol. The number of aliphatic carboxylic acids is 2. The van der Waals surface area contributed by atoms with Gasteiger partial charge < -0.3 is 44.6 Å². The van der Waals surface area contributed by atoms with Crippen molar-refractivity contribution >= 4 is 17.9 Å². The van der Waals surface area contributed by atoms with Crippen molar-refractivity contribution < 1.29 is 67.3 Å². The molecule has 4 aliphatic rings. The van der Waals surface area contributed by atoms with Crippen LogP contribution < -0.4 is 9.47 Å². The molecule has 5 N–H and O–H groups in total. The highest BCUT2D eigenvalue weighted by Crippen LogP contribution is 2.65. The number of carboxylic acids is 2. The molecular formula is C24H26F3NO11. The summed E-state index contributed by atoms with van der Waals surface area (Å²) in [6.07, 6.45) is -7.66. The first-order valence-corrected chi connectivity index (χ1v) is 11.7. The summed E-state index contributed by atoms with van der Waals surface area (Å²) in [4.78, 5) is 34.4. The van der Waals surface area contributed by atoms with Gasteiger partial charge in [-0.1, -0.05) is 6.07 Å². The molecule has 5 rings (SSSR count). The van der Waals surface area contributed by atoms with Crippen LogP contribution in [0.1, 0.15) is 24.0 Å². The minimum atomic E-state index is -5.08. The van der Waals surface area contributed by atoms with Gasteiger partial charge >= 0.3 is 24.1 Å². The third kappa shape index (κ3) is 4.29. The minimum absolute atomic E-state index is 0.0747. The van der Waals surface area contributed by atoms with E-state index < -0.39 is 53.4 Å². The van der Waals surface area contributed by atoms with Gasteiger partial charge in [0.05, 0.1) is 18.1 Å². The van der Waals surface area contributed by atoms with Crippen LogP contribution in [0, 0.1) is 0 Å². The molecule has 0 unspecified atom stereocenters. The Labute approximate surface area is 218 Å². The van der Waals surface area contributed by atoms with Crippen LogP contribution in [0.25, 0.3) is 0 Å². The zero-order valence-corrected chi connectivity index (χ0v) is 20.6. The maximum atomic E-state index is 12.4. The van der Waals surface area contributed by atoms with E-state index in [4.69, 9.17) is 29.2 Å². The molecule has 2 bridgehead atoms. The molecule has 0 saturated carbocycles. The van der Waals surface area contributed by atoms with Gasteiger partial charge in [0, 0.05) is 18.0 Å². The Morgan fingerprint density at radius 3 is 2.38 bits per heavy atom. The van der Waals surface area contributed by atoms with E-state index in [2.05, 4.69) is 4.90 Å². The zero-order chi connectivity index (χ0) is 29.1. The normalized spacial score (nSPS) is 29.9. The van der Waals surface area contributed by atoms with Crippen molar-refractivity contribution in [3.63, 3.8) is 0 Å². The summed E-state index contributed by atoms with van der Waals surface area (Å²) in [6.45, 7) is 0.685. The number of carboxylic acid groups (broad SMARTS) is 2. The first-order valence-electron chi connectivity index (χ1n) is 11.7. The molecule has 1 aromatic rings. The molecule has 0 radical (unpaired) electrons. The largest absolute Gasteiger partial charge is 0.493 e. The number of hydrogen-bond donors (Lipinski definition) is 5. The maximum Gasteiger partial charge on any atom is 0.490 e. The number of ether oxygens (including phenoxy) is 3. The van der Waals surface area contributed by atoms with Gasteiger partial charge in [-0.25, -0.2) is 14.4 Å². The second-order valence-corrected chi connectivity index (χ2v) is 9.74. The van der Waals surface area contributed by atoms with Crippen molar-refractivity contribution in [3.8, 4) is 11.5 Å². The Hall–Kier alpha value is -3.40. The minimum Gasteiger partial charge on any atom is -0.493 e. The Kier molecular flexibility index (Phi) is 7.08. The van der Waals surface area contributed by atoms with Gasteiger partial charge in [-0.15, -0.1) is 0 Å². The number of carbonyl (C=O) groups excluding carboxylic acids is 1. The summed E-state index contributed by atoms with van der Waals surface area (Å²) in [7, 11) is 3.49. The number of alkyl halides is 3. The molecule has 1 aromatic carbocycles. The number of carbonyl (C=O) groups is 3. The number of benzene rings is 1. The van der Waals surface area contributed by atoms with Gasteiger partial charge in [-0.3, -0.25) is 0 Å². The van der Waals surface area contributed by atoms with Crippen LogP contribution in [0.15, 0.2) is 24.0 Å². The number of likely N-dealkylation sites (N-methyl/N-ethyl adjacent to an activating group) is 1. The van der Waals surface area contributed by atoms with Gasteiger partial charge in [0.2, 0.25) is 0 Å². The third-order valence-corrected chi connectivity index (χ3v) is 7.81. The lowest BCUT2D eigenvalue weighted by molar-refractivity contribution is -0.192. The Balaban J connectivity index is 0.000000448. The quantitative estimate of drug-likeness (QED) is 0.303. The van der Waals surface area contributed by atoms with Crippen molar-refractivity contribution in [2.45, 2.75) is 60.8 Å². The molecule has 2 aliphatic heterocycles. The predicted octanol–water partition coefficient (Wildman–Crippen LogP) is -0.0442. The molecule has 2 aliphatic carbocycles. The number of rotatable bonds is 5. The van der Waals surface area contributed by atoms with Gasteiger partial charge in [0.1, 0.15) is 5.76 Å². The number of nitrogens with zero attached hydrogens (tertiary/aromatic N) is 1. The lowest BCUT2D eigenvalue weighted by Gasteiger charge is -2.61. The van der Waals surface area contributed by atoms with Crippen LogP contribution in [-0.2, 0) is 31.0 Å². The lowest BCUT2D eigenvalue weighted by Crippen LogP contribution is -2.74. The van der Waals surface area contributed by atoms with Gasteiger partial charge in [-0.05, 0) is 44.1 Å². The number of methoxy groups -OCH3 is 1. The molecule has 1 fully saturated rings. The van der Waals surface area contributed by atoms with Crippen molar-refractivity contribution in [2.24, 2.45) is 0 Å². The molecule has 6 atom stereocenters. The van der Waals surface area contributed by atoms with Gasteiger partial charge in [0.15, 0.2) is 29.8 Å². The highest BCUT2D eigenvalue weighted by atomic mass is 19.4. The average molecular weight is 561 g/mol. The summed E-state index contributed by atoms with van der Waals surface area (Å²) >= 11 is 0. The monoisotopic (exact) mass is 561 g/mol. The fourth-order valence-corrected chi connectivity index (χ4v) is 6.03. The molecule has 15 heteroatoms. The van der Waals surface area contributed by atoms with Crippen LogP contribution >= 0.6 is 0 Å². The molecule has 1 saturated heterocycles. The van der Waals surface area contributed by atoms with E-state index in [-0.39, 0.29) is 18.2 Å². The summed E-state index contributed by atoms with van der Waals surface area (Å²) in [6, 6.07) is 3.60.